The van der Waals surface area contributed by atoms with E-state index in [1.807, 2.05) is 0 Å². The van der Waals surface area contributed by atoms with Gasteiger partial charge < -0.3 is 11.1 Å². The van der Waals surface area contributed by atoms with Crippen LogP contribution in [0.5, 0.6) is 0 Å². The van der Waals surface area contributed by atoms with Crippen LogP contribution in [0.25, 0.3) is 0 Å². The van der Waals surface area contributed by atoms with Crippen molar-refractivity contribution in [3.8, 4) is 0 Å². The molecule has 19 heavy (non-hydrogen) atoms. The monoisotopic (exact) mass is 341 g/mol. The van der Waals surface area contributed by atoms with Crippen molar-refractivity contribution in [1.82, 2.24) is 0 Å². The molecule has 0 aliphatic heterocycles. The third-order valence-corrected chi connectivity index (χ3v) is 4.19. The number of para-hydroxylation sites is 1. The molecule has 0 aliphatic rings. The molecule has 0 atom stereocenters. The molecule has 0 radical (unpaired) electrons. The molecule has 0 saturated carbocycles. The smallest absolute Gasteiger partial charge is 0.294 e. The molecular formula is C11H8BrN3O3S. The third-order valence-electron chi connectivity index (χ3n) is 2.35. The van der Waals surface area contributed by atoms with Crippen LogP contribution in [0.4, 0.5) is 17.1 Å². The van der Waals surface area contributed by atoms with Crippen LogP contribution in [0.3, 0.4) is 0 Å². The lowest BCUT2D eigenvalue weighted by molar-refractivity contribution is -0.383. The normalized spacial score (nSPS) is 10.2. The van der Waals surface area contributed by atoms with E-state index in [1.165, 1.54) is 29.5 Å². The Labute approximate surface area is 120 Å². The molecule has 0 aliphatic carbocycles. The lowest BCUT2D eigenvalue weighted by atomic mass is 10.2. The number of nitrogen functional groups attached to an aromatic ring is 1. The number of halogens is 1. The molecule has 8 heteroatoms. The molecule has 6 nitrogen and oxygen atoms in total. The fraction of sp³-hybridized carbons (Fsp3) is 0. The minimum atomic E-state index is -0.591. The first-order valence-corrected chi connectivity index (χ1v) is 6.75. The Morgan fingerprint density at radius 1 is 1.42 bits per heavy atom. The number of nitrogens with two attached hydrogens (primary N) is 1. The number of hydrogen-bond donors (Lipinski definition) is 2. The van der Waals surface area contributed by atoms with Crippen molar-refractivity contribution in [2.24, 2.45) is 0 Å². The number of benzene rings is 1. The number of nitro benzene ring substituents is 1. The van der Waals surface area contributed by atoms with Crippen molar-refractivity contribution in [1.29, 1.82) is 0 Å². The van der Waals surface area contributed by atoms with E-state index < -0.39 is 4.92 Å². The van der Waals surface area contributed by atoms with E-state index in [4.69, 9.17) is 5.73 Å². The fourth-order valence-corrected chi connectivity index (χ4v) is 2.90. The van der Waals surface area contributed by atoms with Crippen molar-refractivity contribution in [3.05, 3.63) is 49.1 Å². The van der Waals surface area contributed by atoms with Gasteiger partial charge in [0.25, 0.3) is 11.6 Å². The quantitative estimate of drug-likeness (QED) is 0.508. The van der Waals surface area contributed by atoms with Gasteiger partial charge in [-0.15, -0.1) is 11.3 Å². The number of nitrogens with one attached hydrogen (secondary N) is 1. The van der Waals surface area contributed by atoms with E-state index in [2.05, 4.69) is 21.2 Å². The van der Waals surface area contributed by atoms with Gasteiger partial charge in [-0.05, 0) is 33.4 Å². The van der Waals surface area contributed by atoms with E-state index in [1.54, 1.807) is 11.4 Å². The average Bonchev–Trinajstić information content (AvgIpc) is 2.77. The molecule has 2 aromatic rings. The van der Waals surface area contributed by atoms with Gasteiger partial charge in [0.1, 0.15) is 10.6 Å². The van der Waals surface area contributed by atoms with Gasteiger partial charge in [0, 0.05) is 10.5 Å². The van der Waals surface area contributed by atoms with Gasteiger partial charge in [0.05, 0.1) is 10.6 Å². The van der Waals surface area contributed by atoms with E-state index in [-0.39, 0.29) is 23.0 Å². The van der Waals surface area contributed by atoms with Crippen LogP contribution in [0, 0.1) is 10.1 Å². The van der Waals surface area contributed by atoms with Crippen LogP contribution in [-0.2, 0) is 0 Å². The lowest BCUT2D eigenvalue weighted by Gasteiger charge is -2.07. The maximum absolute atomic E-state index is 12.0. The van der Waals surface area contributed by atoms with Crippen LogP contribution in [0.2, 0.25) is 0 Å². The third kappa shape index (κ3) is 2.74. The number of nitro groups is 1. The molecule has 1 heterocycles. The second-order valence-electron chi connectivity index (χ2n) is 3.55. The zero-order chi connectivity index (χ0) is 14.0. The summed E-state index contributed by atoms with van der Waals surface area (Å²) in [5, 5.41) is 15.1. The minimum absolute atomic E-state index is 0.0615. The van der Waals surface area contributed by atoms with Gasteiger partial charge >= 0.3 is 0 Å². The van der Waals surface area contributed by atoms with Gasteiger partial charge in [0.2, 0.25) is 0 Å². The molecule has 1 aromatic heterocycles. The number of carbonyl (C=O) groups excluding carboxylic acids is 1. The lowest BCUT2D eigenvalue weighted by Crippen LogP contribution is -2.12. The second-order valence-corrected chi connectivity index (χ2v) is 5.32. The van der Waals surface area contributed by atoms with Crippen molar-refractivity contribution < 1.29 is 9.72 Å². The maximum Gasteiger partial charge on any atom is 0.294 e. The zero-order valence-electron chi connectivity index (χ0n) is 9.42. The number of hydrogen-bond acceptors (Lipinski definition) is 5. The first-order valence-electron chi connectivity index (χ1n) is 5.08. The SMILES string of the molecule is Nc1c(NC(=O)c2sccc2Br)cccc1[N+](=O)[O-]. The van der Waals surface area contributed by atoms with Crippen LogP contribution in [0.15, 0.2) is 34.1 Å². The first kappa shape index (κ1) is 13.5. The Hall–Kier alpha value is -1.93. The Balaban J connectivity index is 2.30. The standard InChI is InChI=1S/C11H8BrN3O3S/c12-6-4-5-19-10(6)11(16)14-7-2-1-3-8(9(7)13)15(17)18/h1-5H,13H2,(H,14,16). The predicted octanol–water partition coefficient (Wildman–Crippen LogP) is 3.25. The highest BCUT2D eigenvalue weighted by Gasteiger charge is 2.18. The zero-order valence-corrected chi connectivity index (χ0v) is 11.8. The maximum atomic E-state index is 12.0. The second kappa shape index (κ2) is 5.37. The van der Waals surface area contributed by atoms with Crippen molar-refractivity contribution in [2.45, 2.75) is 0 Å². The molecule has 3 N–H and O–H groups in total. The molecule has 0 saturated heterocycles. The number of carbonyl (C=O) groups is 1. The van der Waals surface area contributed by atoms with Gasteiger partial charge in [-0.1, -0.05) is 6.07 Å². The Bertz CT molecular complexity index is 656. The van der Waals surface area contributed by atoms with Crippen molar-refractivity contribution in [3.63, 3.8) is 0 Å². The summed E-state index contributed by atoms with van der Waals surface area (Å²) in [6.45, 7) is 0. The largest absolute Gasteiger partial charge is 0.391 e. The van der Waals surface area contributed by atoms with Crippen LogP contribution >= 0.6 is 27.3 Å². The summed E-state index contributed by atoms with van der Waals surface area (Å²) in [6.07, 6.45) is 0. The highest BCUT2D eigenvalue weighted by molar-refractivity contribution is 9.10. The Morgan fingerprint density at radius 2 is 2.16 bits per heavy atom. The molecule has 0 spiro atoms. The number of thiophene rings is 1. The molecule has 2 rings (SSSR count). The summed E-state index contributed by atoms with van der Waals surface area (Å²) in [4.78, 5) is 22.6. The highest BCUT2D eigenvalue weighted by Crippen LogP contribution is 2.30. The van der Waals surface area contributed by atoms with Crippen LogP contribution in [0.1, 0.15) is 9.67 Å². The van der Waals surface area contributed by atoms with Crippen molar-refractivity contribution >= 4 is 50.2 Å². The molecular weight excluding hydrogens is 334 g/mol. The van der Waals surface area contributed by atoms with Crippen molar-refractivity contribution in [2.75, 3.05) is 11.1 Å². The van der Waals surface area contributed by atoms with Gasteiger partial charge in [-0.2, -0.15) is 0 Å². The average molecular weight is 342 g/mol. The van der Waals surface area contributed by atoms with Crippen LogP contribution in [-0.4, -0.2) is 10.8 Å². The number of amides is 1. The highest BCUT2D eigenvalue weighted by atomic mass is 79.9. The summed E-state index contributed by atoms with van der Waals surface area (Å²) < 4.78 is 0.666. The Morgan fingerprint density at radius 3 is 2.74 bits per heavy atom. The molecule has 1 amide bonds. The topological polar surface area (TPSA) is 98.3 Å². The summed E-state index contributed by atoms with van der Waals surface area (Å²) in [5.41, 5.74) is 5.59. The van der Waals surface area contributed by atoms with Gasteiger partial charge in [-0.25, -0.2) is 0 Å². The summed E-state index contributed by atoms with van der Waals surface area (Å²) in [5.74, 6) is -0.367. The first-order chi connectivity index (χ1) is 9.00. The number of rotatable bonds is 3. The Kier molecular flexibility index (Phi) is 3.82. The van der Waals surface area contributed by atoms with E-state index in [0.717, 1.165) is 0 Å². The molecule has 0 unspecified atom stereocenters. The molecule has 0 fully saturated rings. The minimum Gasteiger partial charge on any atom is -0.391 e. The summed E-state index contributed by atoms with van der Waals surface area (Å²) in [6, 6.07) is 6.01. The number of anilines is 2. The number of nitrogens with zero attached hydrogens (tertiary/aromatic N) is 1. The van der Waals surface area contributed by atoms with E-state index in [9.17, 15) is 14.9 Å². The molecule has 0 bridgehead atoms. The summed E-state index contributed by atoms with van der Waals surface area (Å²) >= 11 is 4.51. The predicted molar refractivity (Wildman–Crippen MR) is 77.5 cm³/mol. The molecule has 98 valence electrons. The summed E-state index contributed by atoms with van der Waals surface area (Å²) in [7, 11) is 0. The fourth-order valence-electron chi connectivity index (χ4n) is 1.46. The molecule has 1 aromatic carbocycles. The van der Waals surface area contributed by atoms with Gasteiger partial charge in [-0.3, -0.25) is 14.9 Å². The van der Waals surface area contributed by atoms with Gasteiger partial charge in [0.15, 0.2) is 0 Å². The van der Waals surface area contributed by atoms with E-state index >= 15 is 0 Å². The van der Waals surface area contributed by atoms with E-state index in [0.29, 0.717) is 9.35 Å². The van der Waals surface area contributed by atoms with Crippen LogP contribution < -0.4 is 11.1 Å².